The summed E-state index contributed by atoms with van der Waals surface area (Å²) in [5.74, 6) is -1.03. The molecule has 0 amide bonds. The van der Waals surface area contributed by atoms with Crippen molar-refractivity contribution < 1.29 is 19.1 Å². The number of nitrogens with zero attached hydrogens (tertiary/aromatic N) is 1. The van der Waals surface area contributed by atoms with E-state index in [4.69, 9.17) is 9.47 Å². The van der Waals surface area contributed by atoms with E-state index < -0.39 is 17.9 Å². The quantitative estimate of drug-likeness (QED) is 0.456. The summed E-state index contributed by atoms with van der Waals surface area (Å²) in [6.07, 6.45) is 10.9. The summed E-state index contributed by atoms with van der Waals surface area (Å²) < 4.78 is 11.6. The second-order valence-corrected chi connectivity index (χ2v) is 11.2. The molecule has 37 heavy (non-hydrogen) atoms. The molecule has 2 aromatic rings. The number of benzene rings is 1. The Morgan fingerprint density at radius 1 is 0.892 bits per heavy atom. The second-order valence-electron chi connectivity index (χ2n) is 10.4. The minimum Gasteiger partial charge on any atom is -0.466 e. The maximum Gasteiger partial charge on any atom is 0.336 e. The molecule has 1 aliphatic heterocycles. The summed E-state index contributed by atoms with van der Waals surface area (Å²) in [6.45, 7) is 0. The smallest absolute Gasteiger partial charge is 0.336 e. The molecule has 2 aliphatic carbocycles. The van der Waals surface area contributed by atoms with Crippen LogP contribution in [0.15, 0.2) is 46.1 Å². The zero-order chi connectivity index (χ0) is 25.9. The molecule has 7 heteroatoms. The molecule has 1 N–H and O–H groups in total. The number of esters is 2. The topological polar surface area (TPSA) is 88.4 Å². The molecule has 6 nitrogen and oxygen atoms in total. The van der Waals surface area contributed by atoms with Crippen molar-refractivity contribution in [3.05, 3.63) is 57.2 Å². The molecule has 194 valence electrons. The van der Waals surface area contributed by atoms with E-state index in [9.17, 15) is 14.9 Å². The molecule has 3 aliphatic rings. The van der Waals surface area contributed by atoms with Gasteiger partial charge in [0.05, 0.1) is 41.5 Å². The number of nitriles is 1. The van der Waals surface area contributed by atoms with Crippen LogP contribution in [0.2, 0.25) is 0 Å². The summed E-state index contributed by atoms with van der Waals surface area (Å²) in [4.78, 5) is 27.2. The molecular weight excluding hydrogens is 484 g/mol. The predicted octanol–water partition coefficient (Wildman–Crippen LogP) is 6.47. The Bertz CT molecular complexity index is 1250. The highest BCUT2D eigenvalue weighted by Crippen LogP contribution is 2.49. The van der Waals surface area contributed by atoms with E-state index in [1.807, 2.05) is 17.5 Å². The molecule has 0 spiro atoms. The Hall–Kier alpha value is -3.11. The molecule has 2 saturated carbocycles. The van der Waals surface area contributed by atoms with E-state index in [2.05, 4.69) is 11.4 Å². The lowest BCUT2D eigenvalue weighted by Crippen LogP contribution is -2.39. The van der Waals surface area contributed by atoms with Crippen molar-refractivity contribution >= 4 is 33.4 Å². The number of dihydropyridines is 1. The average molecular weight is 519 g/mol. The average Bonchev–Trinajstić information content (AvgIpc) is 3.40. The second kappa shape index (κ2) is 11.1. The first-order chi connectivity index (χ1) is 18.1. The Morgan fingerprint density at radius 3 is 1.92 bits per heavy atom. The molecule has 0 saturated heterocycles. The van der Waals surface area contributed by atoms with Gasteiger partial charge in [0.15, 0.2) is 0 Å². The fraction of sp³-hybridized carbons (Fsp3) is 0.500. The van der Waals surface area contributed by atoms with Crippen molar-refractivity contribution in [1.82, 2.24) is 5.32 Å². The fourth-order valence-corrected chi connectivity index (χ4v) is 7.60. The molecule has 2 fully saturated rings. The van der Waals surface area contributed by atoms with E-state index in [0.717, 1.165) is 78.4 Å². The van der Waals surface area contributed by atoms with Crippen LogP contribution in [0.5, 0.6) is 0 Å². The highest BCUT2D eigenvalue weighted by atomic mass is 32.1. The lowest BCUT2D eigenvalue weighted by molar-refractivity contribution is -0.137. The maximum absolute atomic E-state index is 13.6. The van der Waals surface area contributed by atoms with Gasteiger partial charge in [0.1, 0.15) is 6.07 Å². The fourth-order valence-electron chi connectivity index (χ4n) is 6.54. The summed E-state index contributed by atoms with van der Waals surface area (Å²) in [6, 6.07) is 7.94. The summed E-state index contributed by atoms with van der Waals surface area (Å²) in [5.41, 5.74) is 4.31. The van der Waals surface area contributed by atoms with E-state index >= 15 is 0 Å². The number of ether oxygens (including phenoxy) is 2. The van der Waals surface area contributed by atoms with Gasteiger partial charge in [-0.25, -0.2) is 9.59 Å². The van der Waals surface area contributed by atoms with Gasteiger partial charge in [-0.05, 0) is 59.9 Å². The van der Waals surface area contributed by atoms with Crippen LogP contribution >= 0.6 is 11.3 Å². The number of rotatable bonds is 5. The third kappa shape index (κ3) is 4.68. The first-order valence-electron chi connectivity index (χ1n) is 13.4. The first-order valence-corrected chi connectivity index (χ1v) is 14.3. The van der Waals surface area contributed by atoms with Crippen molar-refractivity contribution in [2.24, 2.45) is 11.8 Å². The number of carbonyl (C=O) groups excluding carboxylic acids is 2. The first kappa shape index (κ1) is 25.5. The van der Waals surface area contributed by atoms with Crippen LogP contribution in [0, 0.1) is 23.2 Å². The molecule has 0 bridgehead atoms. The largest absolute Gasteiger partial charge is 0.466 e. The van der Waals surface area contributed by atoms with Crippen LogP contribution in [-0.4, -0.2) is 26.2 Å². The number of carbonyl (C=O) groups is 2. The lowest BCUT2D eigenvalue weighted by Gasteiger charge is -2.39. The van der Waals surface area contributed by atoms with Gasteiger partial charge >= 0.3 is 11.9 Å². The highest BCUT2D eigenvalue weighted by Gasteiger charge is 2.44. The van der Waals surface area contributed by atoms with Gasteiger partial charge in [-0.2, -0.15) is 5.26 Å². The van der Waals surface area contributed by atoms with Crippen molar-refractivity contribution in [3.63, 3.8) is 0 Å². The van der Waals surface area contributed by atoms with Crippen molar-refractivity contribution in [1.29, 1.82) is 5.26 Å². The molecular formula is C30H34N2O4S. The minimum atomic E-state index is -0.613. The molecule has 5 rings (SSSR count). The number of methoxy groups -OCH3 is 2. The normalized spacial score (nSPS) is 20.0. The van der Waals surface area contributed by atoms with Gasteiger partial charge in [0.2, 0.25) is 0 Å². The Labute approximate surface area is 222 Å². The Kier molecular flexibility index (Phi) is 7.66. The van der Waals surface area contributed by atoms with Gasteiger partial charge in [-0.3, -0.25) is 0 Å². The summed E-state index contributed by atoms with van der Waals surface area (Å²) in [5, 5.41) is 16.3. The lowest BCUT2D eigenvalue weighted by atomic mass is 9.72. The zero-order valence-electron chi connectivity index (χ0n) is 21.6. The summed E-state index contributed by atoms with van der Waals surface area (Å²) in [7, 11) is 2.81. The number of hydrogen-bond donors (Lipinski definition) is 1. The highest BCUT2D eigenvalue weighted by molar-refractivity contribution is 7.17. The predicted molar refractivity (Wildman–Crippen MR) is 144 cm³/mol. The minimum absolute atomic E-state index is 0.211. The molecule has 0 unspecified atom stereocenters. The third-order valence-corrected chi connectivity index (χ3v) is 9.37. The van der Waals surface area contributed by atoms with Crippen LogP contribution < -0.4 is 5.32 Å². The monoisotopic (exact) mass is 518 g/mol. The van der Waals surface area contributed by atoms with Crippen LogP contribution in [0.4, 0.5) is 0 Å². The van der Waals surface area contributed by atoms with E-state index in [1.54, 1.807) is 6.07 Å². The standard InChI is InChI=1S/C30H34N2O4S/c1-35-29(33)24-23(22-17-37-28-20(16-31)14-9-15-21(22)28)25(30(34)36-2)27(19-12-7-4-8-13-19)32-26(24)18-10-5-3-6-11-18/h9,14-15,17-19,23,32H,3-8,10-13H2,1-2H3. The zero-order valence-corrected chi connectivity index (χ0v) is 22.4. The molecule has 0 atom stereocenters. The molecule has 2 heterocycles. The maximum atomic E-state index is 13.6. The van der Waals surface area contributed by atoms with Gasteiger partial charge < -0.3 is 14.8 Å². The van der Waals surface area contributed by atoms with Crippen molar-refractivity contribution in [2.45, 2.75) is 70.1 Å². The van der Waals surface area contributed by atoms with Crippen molar-refractivity contribution in [3.8, 4) is 6.07 Å². The SMILES string of the molecule is COC(=O)C1=C(C2CCCCC2)NC(C2CCCCC2)=C(C(=O)OC)C1c1csc2c(C#N)cccc12. The molecule has 1 aromatic heterocycles. The molecule has 0 radical (unpaired) electrons. The van der Waals surface area contributed by atoms with Gasteiger partial charge in [-0.15, -0.1) is 11.3 Å². The van der Waals surface area contributed by atoms with Crippen molar-refractivity contribution in [2.75, 3.05) is 14.2 Å². The van der Waals surface area contributed by atoms with Gasteiger partial charge in [0, 0.05) is 11.4 Å². The Balaban J connectivity index is 1.80. The number of allylic oxidation sites excluding steroid dienone is 2. The van der Waals surface area contributed by atoms with Crippen LogP contribution in [0.3, 0.4) is 0 Å². The van der Waals surface area contributed by atoms with Crippen LogP contribution in [0.25, 0.3) is 10.1 Å². The van der Waals surface area contributed by atoms with E-state index in [0.29, 0.717) is 16.7 Å². The van der Waals surface area contributed by atoms with Crippen LogP contribution in [-0.2, 0) is 19.1 Å². The van der Waals surface area contributed by atoms with Gasteiger partial charge in [0.25, 0.3) is 0 Å². The number of hydrogen-bond acceptors (Lipinski definition) is 7. The number of nitrogens with one attached hydrogen (secondary N) is 1. The van der Waals surface area contributed by atoms with E-state index in [1.165, 1.54) is 38.4 Å². The number of fused-ring (bicyclic) bond motifs is 1. The molecule has 1 aromatic carbocycles. The number of thiophene rings is 1. The van der Waals surface area contributed by atoms with E-state index in [-0.39, 0.29) is 11.8 Å². The van der Waals surface area contributed by atoms with Crippen LogP contribution in [0.1, 0.15) is 81.3 Å². The van der Waals surface area contributed by atoms with Gasteiger partial charge in [-0.1, -0.05) is 50.7 Å². The summed E-state index contributed by atoms with van der Waals surface area (Å²) >= 11 is 1.48. The Morgan fingerprint density at radius 2 is 1.43 bits per heavy atom. The third-order valence-electron chi connectivity index (χ3n) is 8.33.